The number of benzene rings is 1. The van der Waals surface area contributed by atoms with Gasteiger partial charge in [0.15, 0.2) is 0 Å². The monoisotopic (exact) mass is 328 g/mol. The van der Waals surface area contributed by atoms with Crippen molar-refractivity contribution in [2.75, 3.05) is 5.73 Å². The molecule has 0 saturated heterocycles. The van der Waals surface area contributed by atoms with E-state index in [2.05, 4.69) is 25.8 Å². The fourth-order valence-corrected chi connectivity index (χ4v) is 2.76. The summed E-state index contributed by atoms with van der Waals surface area (Å²) in [6.45, 7) is 7.37. The second-order valence-electron chi connectivity index (χ2n) is 7.20. The van der Waals surface area contributed by atoms with Crippen molar-refractivity contribution in [1.29, 1.82) is 0 Å². The molecule has 3 rings (SSSR count). The molecule has 0 aliphatic heterocycles. The zero-order valence-corrected chi connectivity index (χ0v) is 14.1. The van der Waals surface area contributed by atoms with Crippen molar-refractivity contribution in [3.8, 4) is 0 Å². The van der Waals surface area contributed by atoms with E-state index in [1.807, 2.05) is 4.57 Å². The number of nitrogens with two attached hydrogens (primary N) is 1. The third kappa shape index (κ3) is 3.18. The number of aromatic nitrogens is 3. The summed E-state index contributed by atoms with van der Waals surface area (Å²) in [4.78, 5) is 16.7. The Morgan fingerprint density at radius 1 is 1.25 bits per heavy atom. The summed E-state index contributed by atoms with van der Waals surface area (Å²) in [7, 11) is 0. The predicted octanol–water partition coefficient (Wildman–Crippen LogP) is 3.01. The number of nitrogens with zero attached hydrogens (tertiary/aromatic N) is 3. The highest BCUT2D eigenvalue weighted by molar-refractivity contribution is 5.76. The van der Waals surface area contributed by atoms with Crippen LogP contribution in [0.4, 0.5) is 10.1 Å². The number of fused-ring (bicyclic) bond motifs is 1. The van der Waals surface area contributed by atoms with Gasteiger partial charge in [0.05, 0.1) is 23.3 Å². The quantitative estimate of drug-likeness (QED) is 0.804. The molecule has 0 radical (unpaired) electrons. The van der Waals surface area contributed by atoms with Gasteiger partial charge in [-0.05, 0) is 29.7 Å². The number of nitrogen functional groups attached to an aromatic ring is 1. The van der Waals surface area contributed by atoms with Gasteiger partial charge in [-0.3, -0.25) is 4.79 Å². The first-order chi connectivity index (χ1) is 11.2. The molecule has 24 heavy (non-hydrogen) atoms. The van der Waals surface area contributed by atoms with Crippen LogP contribution in [0.25, 0.3) is 11.0 Å². The van der Waals surface area contributed by atoms with Gasteiger partial charge in [-0.15, -0.1) is 0 Å². The zero-order valence-electron chi connectivity index (χ0n) is 14.1. The first-order valence-electron chi connectivity index (χ1n) is 7.84. The fraction of sp³-hybridized carbons (Fsp3) is 0.333. The van der Waals surface area contributed by atoms with E-state index in [-0.39, 0.29) is 29.0 Å². The summed E-state index contributed by atoms with van der Waals surface area (Å²) in [5.41, 5.74) is 7.10. The molecule has 0 fully saturated rings. The van der Waals surface area contributed by atoms with Crippen LogP contribution in [0.15, 0.2) is 41.3 Å². The standard InChI is InChI=1S/C18H21FN4O/c1-18(2,3)11-23-15-7-6-12(19)9-14(15)21-16(23)10-22-8-4-5-13(20)17(22)24/h4-9H,10-11,20H2,1-3H3. The molecule has 0 aliphatic rings. The van der Waals surface area contributed by atoms with E-state index in [1.54, 1.807) is 24.4 Å². The molecule has 2 heterocycles. The topological polar surface area (TPSA) is 65.8 Å². The van der Waals surface area contributed by atoms with Crippen LogP contribution in [0.5, 0.6) is 0 Å². The molecule has 0 saturated carbocycles. The molecular formula is C18H21FN4O. The van der Waals surface area contributed by atoms with Gasteiger partial charge in [-0.2, -0.15) is 0 Å². The summed E-state index contributed by atoms with van der Waals surface area (Å²) in [6.07, 6.45) is 1.68. The first kappa shape index (κ1) is 16.2. The minimum absolute atomic E-state index is 0.0114. The van der Waals surface area contributed by atoms with Crippen molar-refractivity contribution < 1.29 is 4.39 Å². The summed E-state index contributed by atoms with van der Waals surface area (Å²) >= 11 is 0. The molecule has 5 nitrogen and oxygen atoms in total. The summed E-state index contributed by atoms with van der Waals surface area (Å²) in [5, 5.41) is 0. The average molecular weight is 328 g/mol. The second-order valence-corrected chi connectivity index (χ2v) is 7.20. The summed E-state index contributed by atoms with van der Waals surface area (Å²) in [5.74, 6) is 0.383. The molecule has 0 aliphatic carbocycles. The average Bonchev–Trinajstić information content (AvgIpc) is 2.79. The molecular weight excluding hydrogens is 307 g/mol. The van der Waals surface area contributed by atoms with Crippen molar-refractivity contribution in [3.05, 3.63) is 58.5 Å². The van der Waals surface area contributed by atoms with Gasteiger partial charge in [0.2, 0.25) is 0 Å². The predicted molar refractivity (Wildman–Crippen MR) is 93.4 cm³/mol. The molecule has 6 heteroatoms. The number of halogens is 1. The smallest absolute Gasteiger partial charge is 0.274 e. The minimum atomic E-state index is -0.324. The number of rotatable bonds is 3. The Kier molecular flexibility index (Phi) is 3.91. The van der Waals surface area contributed by atoms with Crippen molar-refractivity contribution in [1.82, 2.24) is 14.1 Å². The molecule has 0 bridgehead atoms. The van der Waals surface area contributed by atoms with Gasteiger partial charge in [0, 0.05) is 18.8 Å². The lowest BCUT2D eigenvalue weighted by atomic mass is 9.96. The van der Waals surface area contributed by atoms with Gasteiger partial charge < -0.3 is 14.9 Å². The minimum Gasteiger partial charge on any atom is -0.394 e. The maximum atomic E-state index is 13.5. The second kappa shape index (κ2) is 5.78. The van der Waals surface area contributed by atoms with E-state index in [0.29, 0.717) is 17.9 Å². The Balaban J connectivity index is 2.13. The van der Waals surface area contributed by atoms with Crippen LogP contribution in [-0.4, -0.2) is 14.1 Å². The molecule has 2 aromatic heterocycles. The molecule has 3 aromatic rings. The highest BCUT2D eigenvalue weighted by Gasteiger charge is 2.18. The largest absolute Gasteiger partial charge is 0.394 e. The summed E-state index contributed by atoms with van der Waals surface area (Å²) < 4.78 is 17.1. The Morgan fingerprint density at radius 2 is 2.00 bits per heavy atom. The Labute approximate surface area is 139 Å². The normalized spacial score (nSPS) is 12.0. The Morgan fingerprint density at radius 3 is 2.71 bits per heavy atom. The molecule has 126 valence electrons. The lowest BCUT2D eigenvalue weighted by Crippen LogP contribution is -2.25. The Hall–Kier alpha value is -2.63. The Bertz CT molecular complexity index is 950. The van der Waals surface area contributed by atoms with Crippen LogP contribution in [0.2, 0.25) is 0 Å². The van der Waals surface area contributed by atoms with Crippen molar-refractivity contribution in [3.63, 3.8) is 0 Å². The first-order valence-corrected chi connectivity index (χ1v) is 7.84. The van der Waals surface area contributed by atoms with Crippen LogP contribution in [0.1, 0.15) is 26.6 Å². The number of pyridine rings is 1. The number of hydrogen-bond donors (Lipinski definition) is 1. The number of imidazole rings is 1. The van der Waals surface area contributed by atoms with Gasteiger partial charge >= 0.3 is 0 Å². The molecule has 0 unspecified atom stereocenters. The van der Waals surface area contributed by atoms with Crippen molar-refractivity contribution in [2.24, 2.45) is 5.41 Å². The van der Waals surface area contributed by atoms with E-state index in [1.165, 1.54) is 16.7 Å². The maximum Gasteiger partial charge on any atom is 0.274 e. The van der Waals surface area contributed by atoms with E-state index in [0.717, 1.165) is 5.52 Å². The van der Waals surface area contributed by atoms with E-state index >= 15 is 0 Å². The van der Waals surface area contributed by atoms with Crippen molar-refractivity contribution in [2.45, 2.75) is 33.9 Å². The van der Waals surface area contributed by atoms with E-state index in [4.69, 9.17) is 5.73 Å². The third-order valence-corrected chi connectivity index (χ3v) is 3.78. The third-order valence-electron chi connectivity index (χ3n) is 3.78. The van der Waals surface area contributed by atoms with E-state index in [9.17, 15) is 9.18 Å². The van der Waals surface area contributed by atoms with Crippen LogP contribution >= 0.6 is 0 Å². The maximum absolute atomic E-state index is 13.5. The SMILES string of the molecule is CC(C)(C)Cn1c(Cn2cccc(N)c2=O)nc2cc(F)ccc21. The fourth-order valence-electron chi connectivity index (χ4n) is 2.76. The molecule has 0 spiro atoms. The van der Waals surface area contributed by atoms with Crippen LogP contribution in [0.3, 0.4) is 0 Å². The van der Waals surface area contributed by atoms with Gasteiger partial charge in [0.25, 0.3) is 5.56 Å². The highest BCUT2D eigenvalue weighted by atomic mass is 19.1. The zero-order chi connectivity index (χ0) is 17.5. The van der Waals surface area contributed by atoms with Gasteiger partial charge in [0.1, 0.15) is 11.6 Å². The molecule has 0 atom stereocenters. The lowest BCUT2D eigenvalue weighted by molar-refractivity contribution is 0.341. The molecule has 1 aromatic carbocycles. The van der Waals surface area contributed by atoms with Gasteiger partial charge in [-0.25, -0.2) is 9.37 Å². The number of anilines is 1. The van der Waals surface area contributed by atoms with Gasteiger partial charge in [-0.1, -0.05) is 20.8 Å². The van der Waals surface area contributed by atoms with Crippen LogP contribution in [0, 0.1) is 11.2 Å². The van der Waals surface area contributed by atoms with Crippen molar-refractivity contribution >= 4 is 16.7 Å². The van der Waals surface area contributed by atoms with Crippen LogP contribution < -0.4 is 11.3 Å². The van der Waals surface area contributed by atoms with E-state index < -0.39 is 0 Å². The lowest BCUT2D eigenvalue weighted by Gasteiger charge is -2.21. The molecule has 2 N–H and O–H groups in total. The highest BCUT2D eigenvalue weighted by Crippen LogP contribution is 2.24. The molecule has 0 amide bonds. The summed E-state index contributed by atoms with van der Waals surface area (Å²) in [6, 6.07) is 7.88. The van der Waals surface area contributed by atoms with Crippen LogP contribution in [-0.2, 0) is 13.1 Å². The number of hydrogen-bond acceptors (Lipinski definition) is 3.